The zero-order chi connectivity index (χ0) is 19.2. The summed E-state index contributed by atoms with van der Waals surface area (Å²) in [5, 5.41) is 4.21. The first kappa shape index (κ1) is 21.5. The van der Waals surface area contributed by atoms with Gasteiger partial charge in [0.1, 0.15) is 23.2 Å². The Balaban J connectivity index is 0.00000240. The van der Waals surface area contributed by atoms with Crippen LogP contribution in [0.5, 0.6) is 0 Å². The monoisotopic (exact) mass is 461 g/mol. The number of rotatable bonds is 6. The highest BCUT2D eigenvalue weighted by Gasteiger charge is 2.45. The third-order valence-electron chi connectivity index (χ3n) is 5.34. The van der Waals surface area contributed by atoms with Gasteiger partial charge in [0.25, 0.3) is 0 Å². The average molecular weight is 462 g/mol. The quantitative estimate of drug-likeness (QED) is 0.434. The van der Waals surface area contributed by atoms with E-state index in [2.05, 4.69) is 115 Å². The lowest BCUT2D eigenvalue weighted by Gasteiger charge is -2.28. The molecule has 0 heterocycles. The number of halogens is 1. The number of hydrogen-bond donors (Lipinski definition) is 1. The predicted octanol–water partition coefficient (Wildman–Crippen LogP) is 1.64. The number of nitrogens with two attached hydrogens (primary N) is 1. The van der Waals surface area contributed by atoms with Crippen molar-refractivity contribution in [1.82, 2.24) is 0 Å². The van der Waals surface area contributed by atoms with Crippen LogP contribution >= 0.6 is 7.26 Å². The Morgan fingerprint density at radius 2 is 0.828 bits per heavy atom. The van der Waals surface area contributed by atoms with E-state index in [0.29, 0.717) is 6.54 Å². The van der Waals surface area contributed by atoms with Crippen LogP contribution in [0.25, 0.3) is 0 Å². The summed E-state index contributed by atoms with van der Waals surface area (Å²) in [6.07, 6.45) is 0.971. The van der Waals surface area contributed by atoms with Gasteiger partial charge in [-0.2, -0.15) is 0 Å². The highest BCUT2D eigenvalue weighted by Crippen LogP contribution is 2.58. The molecule has 4 aromatic rings. The molecule has 0 amide bonds. The lowest BCUT2D eigenvalue weighted by Crippen LogP contribution is -3.00. The minimum Gasteiger partial charge on any atom is -1.00 e. The average Bonchev–Trinajstić information content (AvgIpc) is 2.79. The van der Waals surface area contributed by atoms with E-state index in [0.717, 1.165) is 6.16 Å². The molecule has 3 heteroatoms. The normalized spacial score (nSPS) is 10.9. The minimum atomic E-state index is -1.87. The Labute approximate surface area is 184 Å². The first-order valence-corrected chi connectivity index (χ1v) is 11.6. The molecule has 1 nitrogen and oxygen atoms in total. The zero-order valence-electron chi connectivity index (χ0n) is 16.3. The fourth-order valence-corrected chi connectivity index (χ4v) is 8.24. The van der Waals surface area contributed by atoms with Gasteiger partial charge in [0.15, 0.2) is 0 Å². The molecule has 0 radical (unpaired) electrons. The van der Waals surface area contributed by atoms with Gasteiger partial charge in [-0.15, -0.1) is 0 Å². The second kappa shape index (κ2) is 9.98. The second-order valence-corrected chi connectivity index (χ2v) is 10.4. The molecule has 0 spiro atoms. The molecule has 0 bridgehead atoms. The Hall–Kier alpha value is -2.25. The summed E-state index contributed by atoms with van der Waals surface area (Å²) in [6.45, 7) is 0.564. The van der Waals surface area contributed by atoms with Crippen LogP contribution in [0.1, 0.15) is 11.1 Å². The molecule has 0 aliphatic rings. The van der Waals surface area contributed by atoms with Gasteiger partial charge >= 0.3 is 0 Å². The SMILES string of the molecule is NCc1ccccc1C[P+](c1ccccc1)(c1ccccc1)c1ccccc1.[Br-]. The second-order valence-electron chi connectivity index (χ2n) is 6.95. The van der Waals surface area contributed by atoms with Crippen molar-refractivity contribution in [2.45, 2.75) is 12.7 Å². The molecular formula is C26H25BrNP. The van der Waals surface area contributed by atoms with Crippen LogP contribution in [0.4, 0.5) is 0 Å². The maximum Gasteiger partial charge on any atom is 0.116 e. The molecule has 146 valence electrons. The third kappa shape index (κ3) is 4.36. The zero-order valence-corrected chi connectivity index (χ0v) is 18.8. The van der Waals surface area contributed by atoms with Gasteiger partial charge in [0.2, 0.25) is 0 Å². The fraction of sp³-hybridized carbons (Fsp3) is 0.0769. The standard InChI is InChI=1S/C26H25NP.BrH/c27-20-22-12-10-11-13-23(22)21-28(24-14-4-1-5-15-24,25-16-6-2-7-17-25)26-18-8-3-9-19-26;/h1-19H,20-21,27H2;1H/q+1;/p-1. The third-order valence-corrected chi connectivity index (χ3v) is 9.69. The van der Waals surface area contributed by atoms with Crippen molar-refractivity contribution >= 4 is 23.2 Å². The van der Waals surface area contributed by atoms with Crippen LogP contribution in [-0.2, 0) is 12.7 Å². The molecule has 0 saturated heterocycles. The highest BCUT2D eigenvalue weighted by atomic mass is 79.9. The number of hydrogen-bond acceptors (Lipinski definition) is 1. The lowest BCUT2D eigenvalue weighted by atomic mass is 10.1. The van der Waals surface area contributed by atoms with Crippen LogP contribution in [-0.4, -0.2) is 0 Å². The van der Waals surface area contributed by atoms with Crippen LogP contribution in [0, 0.1) is 0 Å². The smallest absolute Gasteiger partial charge is 0.116 e. The Morgan fingerprint density at radius 1 is 0.483 bits per heavy atom. The van der Waals surface area contributed by atoms with Crippen molar-refractivity contribution in [2.24, 2.45) is 5.73 Å². The van der Waals surface area contributed by atoms with Gasteiger partial charge in [0.05, 0.1) is 6.16 Å². The molecule has 4 aromatic carbocycles. The molecule has 0 unspecified atom stereocenters. The van der Waals surface area contributed by atoms with E-state index in [1.165, 1.54) is 27.0 Å². The topological polar surface area (TPSA) is 26.0 Å². The fourth-order valence-electron chi connectivity index (χ4n) is 3.93. The Morgan fingerprint density at radius 3 is 1.21 bits per heavy atom. The van der Waals surface area contributed by atoms with Crippen molar-refractivity contribution in [3.63, 3.8) is 0 Å². The molecule has 0 saturated carbocycles. The van der Waals surface area contributed by atoms with Gasteiger partial charge in [-0.1, -0.05) is 78.9 Å². The summed E-state index contributed by atoms with van der Waals surface area (Å²) >= 11 is 0. The van der Waals surface area contributed by atoms with Crippen molar-refractivity contribution in [1.29, 1.82) is 0 Å². The highest BCUT2D eigenvalue weighted by molar-refractivity contribution is 7.95. The molecule has 0 aromatic heterocycles. The van der Waals surface area contributed by atoms with E-state index in [1.807, 2.05) is 0 Å². The molecule has 2 N–H and O–H groups in total. The summed E-state index contributed by atoms with van der Waals surface area (Å²) in [7, 11) is -1.87. The van der Waals surface area contributed by atoms with E-state index < -0.39 is 7.26 Å². The molecular weight excluding hydrogens is 437 g/mol. The molecule has 0 fully saturated rings. The summed E-state index contributed by atoms with van der Waals surface area (Å²) in [4.78, 5) is 0. The summed E-state index contributed by atoms with van der Waals surface area (Å²) in [5.74, 6) is 0. The lowest BCUT2D eigenvalue weighted by molar-refractivity contribution is -0.00000552. The minimum absolute atomic E-state index is 0. The molecule has 0 atom stereocenters. The first-order valence-electron chi connectivity index (χ1n) is 9.66. The van der Waals surface area contributed by atoms with E-state index in [9.17, 15) is 0 Å². The van der Waals surface area contributed by atoms with Crippen molar-refractivity contribution in [2.75, 3.05) is 0 Å². The van der Waals surface area contributed by atoms with E-state index in [-0.39, 0.29) is 17.0 Å². The summed E-state index contributed by atoms with van der Waals surface area (Å²) < 4.78 is 0. The Bertz CT molecular complexity index is 923. The van der Waals surface area contributed by atoms with Crippen molar-refractivity contribution < 1.29 is 17.0 Å². The predicted molar refractivity (Wildman–Crippen MR) is 123 cm³/mol. The van der Waals surface area contributed by atoms with Gasteiger partial charge in [-0.05, 0) is 47.5 Å². The van der Waals surface area contributed by atoms with Crippen molar-refractivity contribution in [3.05, 3.63) is 126 Å². The summed E-state index contributed by atoms with van der Waals surface area (Å²) in [5.41, 5.74) is 8.67. The largest absolute Gasteiger partial charge is 1.00 e. The van der Waals surface area contributed by atoms with Gasteiger partial charge in [0, 0.05) is 6.54 Å². The van der Waals surface area contributed by atoms with E-state index in [4.69, 9.17) is 5.73 Å². The maximum atomic E-state index is 6.10. The van der Waals surface area contributed by atoms with E-state index >= 15 is 0 Å². The van der Waals surface area contributed by atoms with Gasteiger partial charge in [-0.3, -0.25) is 0 Å². The van der Waals surface area contributed by atoms with Gasteiger partial charge in [-0.25, -0.2) is 0 Å². The number of benzene rings is 4. The molecule has 29 heavy (non-hydrogen) atoms. The van der Waals surface area contributed by atoms with Crippen LogP contribution in [0.3, 0.4) is 0 Å². The van der Waals surface area contributed by atoms with E-state index in [1.54, 1.807) is 0 Å². The molecule has 4 rings (SSSR count). The Kier molecular flexibility index (Phi) is 7.39. The first-order chi connectivity index (χ1) is 13.8. The summed E-state index contributed by atoms with van der Waals surface area (Å²) in [6, 6.07) is 41.6. The molecule has 0 aliphatic heterocycles. The maximum absolute atomic E-state index is 6.10. The van der Waals surface area contributed by atoms with Crippen LogP contribution in [0.2, 0.25) is 0 Å². The van der Waals surface area contributed by atoms with Crippen LogP contribution < -0.4 is 38.6 Å². The molecule has 0 aliphatic carbocycles. The van der Waals surface area contributed by atoms with Crippen LogP contribution in [0.15, 0.2) is 115 Å². The van der Waals surface area contributed by atoms with Crippen molar-refractivity contribution in [3.8, 4) is 0 Å². The van der Waals surface area contributed by atoms with Gasteiger partial charge < -0.3 is 22.7 Å².